The van der Waals surface area contributed by atoms with Crippen molar-refractivity contribution in [3.63, 3.8) is 0 Å². The monoisotopic (exact) mass is 870 g/mol. The molecule has 0 saturated heterocycles. The van der Waals surface area contributed by atoms with Crippen LogP contribution < -0.4 is 79.5 Å². The molecule has 0 aliphatic rings. The molecule has 289 valence electrons. The summed E-state index contributed by atoms with van der Waals surface area (Å²) < 4.78 is 33.4. The van der Waals surface area contributed by atoms with Gasteiger partial charge in [0.15, 0.2) is 0 Å². The molecular weight excluding hydrogens is 841 g/mol. The molecule has 0 amide bonds. The van der Waals surface area contributed by atoms with Gasteiger partial charge in [-0.05, 0) is 59.2 Å². The van der Waals surface area contributed by atoms with Crippen molar-refractivity contribution in [1.82, 2.24) is 0 Å². The van der Waals surface area contributed by atoms with Crippen molar-refractivity contribution < 1.29 is 115 Å². The molecule has 0 aliphatic carbocycles. The van der Waals surface area contributed by atoms with E-state index in [-0.39, 0.29) is 133 Å². The van der Waals surface area contributed by atoms with Crippen LogP contribution in [0.2, 0.25) is 0 Å². The first-order valence-corrected chi connectivity index (χ1v) is 18.0. The summed E-state index contributed by atoms with van der Waals surface area (Å²) in [5.74, 6) is -1.59. The maximum absolute atomic E-state index is 12.2. The van der Waals surface area contributed by atoms with Crippen molar-refractivity contribution in [2.45, 2.75) is 37.5 Å². The van der Waals surface area contributed by atoms with Gasteiger partial charge in [0.25, 0.3) is 5.69 Å². The maximum Gasteiger partial charge on any atom is 3.00 e. The minimum atomic E-state index is -4.62. The second-order valence-electron chi connectivity index (χ2n) is 12.7. The van der Waals surface area contributed by atoms with Crippen molar-refractivity contribution >= 4 is 60.7 Å². The minimum absolute atomic E-state index is 0. The Labute approximate surface area is 394 Å². The van der Waals surface area contributed by atoms with Crippen LogP contribution in [0.5, 0.6) is 23.0 Å². The van der Waals surface area contributed by atoms with Gasteiger partial charge in [-0.15, -0.1) is 0 Å². The molecule has 20 heteroatoms. The molecular formula is C39H30CrN7Na2O9S. The van der Waals surface area contributed by atoms with Crippen LogP contribution in [0.3, 0.4) is 0 Å². The quantitative estimate of drug-likeness (QED) is 0.0643. The van der Waals surface area contributed by atoms with E-state index in [9.17, 15) is 43.5 Å². The predicted molar refractivity (Wildman–Crippen MR) is 198 cm³/mol. The van der Waals surface area contributed by atoms with Crippen molar-refractivity contribution in [3.05, 3.63) is 131 Å². The first-order valence-electron chi connectivity index (χ1n) is 16.6. The summed E-state index contributed by atoms with van der Waals surface area (Å²) in [7, 11) is -4.62. The summed E-state index contributed by atoms with van der Waals surface area (Å²) in [6.45, 7) is 6.13. The van der Waals surface area contributed by atoms with Crippen molar-refractivity contribution in [1.29, 1.82) is 0 Å². The number of rotatable bonds is 10. The van der Waals surface area contributed by atoms with Gasteiger partial charge in [0.05, 0.1) is 43.9 Å². The third-order valence-corrected chi connectivity index (χ3v) is 9.33. The summed E-state index contributed by atoms with van der Waals surface area (Å²) in [4.78, 5) is 9.71. The van der Waals surface area contributed by atoms with Crippen molar-refractivity contribution in [2.24, 2.45) is 30.7 Å². The zero-order chi connectivity index (χ0) is 40.6. The molecule has 1 radical (unpaired) electrons. The molecule has 6 rings (SSSR count). The van der Waals surface area contributed by atoms with Gasteiger partial charge in [-0.3, -0.25) is 10.1 Å². The second-order valence-corrected chi connectivity index (χ2v) is 14.0. The van der Waals surface area contributed by atoms with Crippen LogP contribution in [0.4, 0.5) is 39.8 Å². The number of benzene rings is 6. The fourth-order valence-corrected chi connectivity index (χ4v) is 5.44. The third kappa shape index (κ3) is 13.5. The zero-order valence-electron chi connectivity index (χ0n) is 32.3. The molecule has 0 saturated carbocycles. The fourth-order valence-electron chi connectivity index (χ4n) is 4.93. The maximum atomic E-state index is 12.2. The van der Waals surface area contributed by atoms with E-state index in [4.69, 9.17) is 0 Å². The van der Waals surface area contributed by atoms with Crippen molar-refractivity contribution in [3.8, 4) is 23.0 Å². The Hall–Kier alpha value is -4.58. The van der Waals surface area contributed by atoms with E-state index in [0.717, 1.165) is 47.7 Å². The first kappa shape index (κ1) is 50.6. The number of nitrogens with zero attached hydrogens (tertiary/aromatic N) is 7. The van der Waals surface area contributed by atoms with Crippen molar-refractivity contribution in [2.75, 3.05) is 0 Å². The standard InChI is InChI=1S/C22H16N4O5S.C17H19N3O4.Cr.2Na/c27-20-11-9-16(24-23-15-5-3-6-17(12-15)32(29,30)31)13-19(20)25-26-22-18-7-2-1-4-14(18)8-10-21(22)28;1-4-17(2,3)11-5-7-15(21)13(9-11)18-19-14-10-12(20(23)24)6-8-16(14)22;;;/h1-13,27-28H,(H,29,30,31);5-10,21-22H,4H2,1-3H3;;;/q;;+3;2*+1/p-5. The van der Waals surface area contributed by atoms with E-state index < -0.39 is 31.4 Å². The molecule has 0 N–H and O–H groups in total. The molecule has 59 heavy (non-hydrogen) atoms. The molecule has 0 bridgehead atoms. The first-order chi connectivity index (χ1) is 26.5. The van der Waals surface area contributed by atoms with Crippen LogP contribution in [-0.4, -0.2) is 17.9 Å². The van der Waals surface area contributed by atoms with Gasteiger partial charge in [-0.25, -0.2) is 8.42 Å². The normalized spacial score (nSPS) is 11.4. The Kier molecular flexibility index (Phi) is 19.0. The molecule has 0 unspecified atom stereocenters. The summed E-state index contributed by atoms with van der Waals surface area (Å²) in [5.41, 5.74) is 0.912. The second kappa shape index (κ2) is 22.1. The smallest absolute Gasteiger partial charge is 0.871 e. The molecule has 6 aromatic carbocycles. The van der Waals surface area contributed by atoms with Crippen LogP contribution in [-0.2, 0) is 32.9 Å². The van der Waals surface area contributed by atoms with Crippen LogP contribution in [0.25, 0.3) is 10.8 Å². The van der Waals surface area contributed by atoms with Gasteiger partial charge in [0, 0.05) is 17.5 Å². The summed E-state index contributed by atoms with van der Waals surface area (Å²) >= 11 is 0. The predicted octanol–water partition coefficient (Wildman–Crippen LogP) is 2.57. The zero-order valence-corrected chi connectivity index (χ0v) is 38.4. The third-order valence-electron chi connectivity index (χ3n) is 8.49. The number of hydrogen-bond acceptors (Lipinski definition) is 15. The van der Waals surface area contributed by atoms with E-state index >= 15 is 0 Å². The SMILES string of the molecule is CCC(C)(C)c1ccc([O-])c(N=Nc2cc([N+](=O)[O-])ccc2[O-])c1.O=S(=O)([O-])c1cccc(N=Nc2ccc([O-])c(N=Nc3c([O-])ccc4ccccc34)c2)c1.[Cr+3].[Na+].[Na+]. The van der Waals surface area contributed by atoms with Gasteiger partial charge in [0.2, 0.25) is 0 Å². The van der Waals surface area contributed by atoms with Gasteiger partial charge in [0.1, 0.15) is 10.1 Å². The average Bonchev–Trinajstić information content (AvgIpc) is 3.17. The van der Waals surface area contributed by atoms with Gasteiger partial charge < -0.3 is 25.0 Å². The van der Waals surface area contributed by atoms with E-state index in [1.165, 1.54) is 42.5 Å². The molecule has 6 aromatic rings. The number of fused-ring (bicyclic) bond motifs is 1. The number of azo groups is 3. The Bertz CT molecular complexity index is 2650. The fraction of sp³-hybridized carbons (Fsp3) is 0.128. The minimum Gasteiger partial charge on any atom is -0.871 e. The largest absolute Gasteiger partial charge is 3.00 e. The summed E-state index contributed by atoms with van der Waals surface area (Å²) in [6.07, 6.45) is 0.872. The number of hydrogen-bond donors (Lipinski definition) is 0. The Morgan fingerprint density at radius 2 is 1.15 bits per heavy atom. The average molecular weight is 871 g/mol. The van der Waals surface area contributed by atoms with Gasteiger partial charge in [-0.1, -0.05) is 110 Å². The topological polar surface area (TPSA) is 267 Å². The van der Waals surface area contributed by atoms with E-state index in [1.54, 1.807) is 30.3 Å². The molecule has 0 aromatic heterocycles. The summed E-state index contributed by atoms with van der Waals surface area (Å²) in [6, 6.07) is 27.3. The number of nitro benzene ring substituents is 1. The van der Waals surface area contributed by atoms with Crippen LogP contribution >= 0.6 is 0 Å². The van der Waals surface area contributed by atoms with Crippen LogP contribution in [0.1, 0.15) is 32.8 Å². The molecule has 0 atom stereocenters. The number of nitro groups is 1. The Morgan fingerprint density at radius 1 is 0.610 bits per heavy atom. The molecule has 0 heterocycles. The molecule has 0 spiro atoms. The number of non-ortho nitro benzene ring substituents is 1. The van der Waals surface area contributed by atoms with E-state index in [1.807, 2.05) is 32.9 Å². The molecule has 16 nitrogen and oxygen atoms in total. The summed E-state index contributed by atoms with van der Waals surface area (Å²) in [5, 5.41) is 83.6. The van der Waals surface area contributed by atoms with Crippen LogP contribution in [0.15, 0.2) is 151 Å². The van der Waals surface area contributed by atoms with E-state index in [2.05, 4.69) is 30.7 Å². The Balaban J connectivity index is 0.000000402. The molecule has 0 fully saturated rings. The van der Waals surface area contributed by atoms with Crippen LogP contribution in [0, 0.1) is 10.1 Å². The van der Waals surface area contributed by atoms with E-state index in [0.29, 0.717) is 5.39 Å². The molecule has 0 aliphatic heterocycles. The van der Waals surface area contributed by atoms with Gasteiger partial charge in [-0.2, -0.15) is 30.7 Å². The Morgan fingerprint density at radius 3 is 1.78 bits per heavy atom. The van der Waals surface area contributed by atoms with Gasteiger partial charge >= 0.3 is 76.5 Å².